The van der Waals surface area contributed by atoms with Crippen LogP contribution in [0.25, 0.3) is 10.8 Å². The van der Waals surface area contributed by atoms with Crippen molar-refractivity contribution in [2.45, 2.75) is 25.7 Å². The molecule has 0 spiro atoms. The highest BCUT2D eigenvalue weighted by molar-refractivity contribution is 5.92. The SMILES string of the molecule is CC1C2c3ccccc3C(c3ccccc32)C1(C)C(=O)Oc1cccc2ccccc12. The van der Waals surface area contributed by atoms with Crippen LogP contribution in [0.4, 0.5) is 0 Å². The molecule has 4 aromatic rings. The number of carbonyl (C=O) groups is 1. The number of carbonyl (C=O) groups excluding carboxylic acids is 1. The summed E-state index contributed by atoms with van der Waals surface area (Å²) in [6.45, 7) is 4.32. The fourth-order valence-electron chi connectivity index (χ4n) is 6.04. The molecule has 2 atom stereocenters. The number of fused-ring (bicyclic) bond motifs is 2. The van der Waals surface area contributed by atoms with Crippen LogP contribution in [0.15, 0.2) is 91.0 Å². The molecule has 2 unspecified atom stereocenters. The Morgan fingerprint density at radius 3 is 1.97 bits per heavy atom. The third-order valence-electron chi connectivity index (χ3n) is 7.72. The fraction of sp³-hybridized carbons (Fsp3) is 0.207. The van der Waals surface area contributed by atoms with Crippen LogP contribution in [0.5, 0.6) is 5.75 Å². The maximum absolute atomic E-state index is 13.9. The molecule has 0 radical (unpaired) electrons. The van der Waals surface area contributed by atoms with Crippen LogP contribution in [0, 0.1) is 11.3 Å². The molecule has 0 heterocycles. The Bertz CT molecular complexity index is 1280. The highest BCUT2D eigenvalue weighted by atomic mass is 16.5. The van der Waals surface area contributed by atoms with Gasteiger partial charge in [0.25, 0.3) is 0 Å². The van der Waals surface area contributed by atoms with Gasteiger partial charge in [0.05, 0.1) is 5.41 Å². The van der Waals surface area contributed by atoms with E-state index in [-0.39, 0.29) is 23.7 Å². The number of ether oxygens (including phenoxy) is 1. The van der Waals surface area contributed by atoms with Crippen LogP contribution in [0.2, 0.25) is 0 Å². The van der Waals surface area contributed by atoms with Crippen molar-refractivity contribution in [3.63, 3.8) is 0 Å². The molecule has 2 nitrogen and oxygen atoms in total. The number of benzene rings is 4. The Morgan fingerprint density at radius 1 is 0.742 bits per heavy atom. The molecule has 0 N–H and O–H groups in total. The van der Waals surface area contributed by atoms with Crippen LogP contribution in [0.1, 0.15) is 47.9 Å². The largest absolute Gasteiger partial charge is 0.425 e. The van der Waals surface area contributed by atoms with E-state index in [0.717, 1.165) is 10.8 Å². The van der Waals surface area contributed by atoms with Gasteiger partial charge in [-0.25, -0.2) is 0 Å². The van der Waals surface area contributed by atoms with Crippen molar-refractivity contribution in [1.82, 2.24) is 0 Å². The van der Waals surface area contributed by atoms with Gasteiger partial charge in [-0.2, -0.15) is 0 Å². The van der Waals surface area contributed by atoms with Crippen LogP contribution < -0.4 is 4.74 Å². The first-order chi connectivity index (χ1) is 15.1. The minimum atomic E-state index is -0.648. The summed E-state index contributed by atoms with van der Waals surface area (Å²) in [5.74, 6) is 0.810. The Morgan fingerprint density at radius 2 is 1.29 bits per heavy atom. The van der Waals surface area contributed by atoms with Gasteiger partial charge in [0.15, 0.2) is 0 Å². The first-order valence-electron chi connectivity index (χ1n) is 11.0. The van der Waals surface area contributed by atoms with E-state index in [2.05, 4.69) is 62.4 Å². The molecule has 7 rings (SSSR count). The van der Waals surface area contributed by atoms with Gasteiger partial charge in [0, 0.05) is 17.2 Å². The molecule has 0 saturated heterocycles. The van der Waals surface area contributed by atoms with E-state index in [4.69, 9.17) is 4.74 Å². The van der Waals surface area contributed by atoms with Crippen molar-refractivity contribution in [1.29, 1.82) is 0 Å². The molecule has 0 amide bonds. The highest BCUT2D eigenvalue weighted by Crippen LogP contribution is 2.64. The summed E-state index contributed by atoms with van der Waals surface area (Å²) in [6.07, 6.45) is 0. The third kappa shape index (κ3) is 2.42. The third-order valence-corrected chi connectivity index (χ3v) is 7.72. The van der Waals surface area contributed by atoms with Gasteiger partial charge in [-0.1, -0.05) is 91.9 Å². The topological polar surface area (TPSA) is 26.3 Å². The zero-order valence-corrected chi connectivity index (χ0v) is 17.7. The van der Waals surface area contributed by atoms with Crippen LogP contribution in [-0.2, 0) is 4.79 Å². The van der Waals surface area contributed by atoms with E-state index in [0.29, 0.717) is 5.75 Å². The zero-order chi connectivity index (χ0) is 21.2. The molecule has 152 valence electrons. The van der Waals surface area contributed by atoms with Crippen LogP contribution in [-0.4, -0.2) is 5.97 Å². The van der Waals surface area contributed by atoms with E-state index in [1.54, 1.807) is 0 Å². The maximum atomic E-state index is 13.9. The van der Waals surface area contributed by atoms with Gasteiger partial charge >= 0.3 is 5.97 Å². The molecule has 3 aliphatic rings. The lowest BCUT2D eigenvalue weighted by atomic mass is 9.48. The van der Waals surface area contributed by atoms with E-state index >= 15 is 0 Å². The van der Waals surface area contributed by atoms with Crippen LogP contribution >= 0.6 is 0 Å². The monoisotopic (exact) mass is 404 g/mol. The zero-order valence-electron chi connectivity index (χ0n) is 17.7. The molecule has 0 aromatic heterocycles. The molecule has 2 bridgehead atoms. The summed E-state index contributed by atoms with van der Waals surface area (Å²) in [4.78, 5) is 13.9. The van der Waals surface area contributed by atoms with Crippen molar-refractivity contribution < 1.29 is 9.53 Å². The number of hydrogen-bond acceptors (Lipinski definition) is 2. The average Bonchev–Trinajstić information content (AvgIpc) is 2.81. The maximum Gasteiger partial charge on any atom is 0.318 e. The Hall–Kier alpha value is -3.39. The standard InChI is InChI=1S/C29H24O2/c1-18-26-21-13-5-7-15-23(21)27(24-16-8-6-14-22(24)26)29(18,2)28(30)31-25-17-9-11-19-10-3-4-12-20(19)25/h3-18,26-27H,1-2H3. The predicted octanol–water partition coefficient (Wildman–Crippen LogP) is 6.68. The Labute approximate surface area is 182 Å². The van der Waals surface area contributed by atoms with Gasteiger partial charge in [0.1, 0.15) is 5.75 Å². The van der Waals surface area contributed by atoms with Crippen LogP contribution in [0.3, 0.4) is 0 Å². The first-order valence-corrected chi connectivity index (χ1v) is 11.0. The lowest BCUT2D eigenvalue weighted by molar-refractivity contribution is -0.150. The fourth-order valence-corrected chi connectivity index (χ4v) is 6.04. The number of rotatable bonds is 2. The second-order valence-corrected chi connectivity index (χ2v) is 9.11. The van der Waals surface area contributed by atoms with Crippen molar-refractivity contribution in [3.05, 3.63) is 113 Å². The quantitative estimate of drug-likeness (QED) is 0.275. The minimum absolute atomic E-state index is 0.0117. The van der Waals surface area contributed by atoms with Gasteiger partial charge in [-0.05, 0) is 46.5 Å². The lowest BCUT2D eigenvalue weighted by Gasteiger charge is -2.54. The lowest BCUT2D eigenvalue weighted by Crippen LogP contribution is -2.52. The summed E-state index contributed by atoms with van der Waals surface area (Å²) in [6, 6.07) is 31.2. The minimum Gasteiger partial charge on any atom is -0.425 e. The summed E-state index contributed by atoms with van der Waals surface area (Å²) in [7, 11) is 0. The second-order valence-electron chi connectivity index (χ2n) is 9.11. The predicted molar refractivity (Wildman–Crippen MR) is 123 cm³/mol. The van der Waals surface area contributed by atoms with Crippen molar-refractivity contribution in [2.75, 3.05) is 0 Å². The summed E-state index contributed by atoms with van der Waals surface area (Å²) in [5, 5.41) is 2.04. The second kappa shape index (κ2) is 6.55. The van der Waals surface area contributed by atoms with E-state index < -0.39 is 5.41 Å². The molecule has 0 fully saturated rings. The molecular weight excluding hydrogens is 380 g/mol. The summed E-state index contributed by atoms with van der Waals surface area (Å²) >= 11 is 0. The first kappa shape index (κ1) is 18.4. The number of hydrogen-bond donors (Lipinski definition) is 0. The van der Waals surface area contributed by atoms with Gasteiger partial charge in [0.2, 0.25) is 0 Å². The molecular formula is C29H24O2. The molecule has 31 heavy (non-hydrogen) atoms. The van der Waals surface area contributed by atoms with E-state index in [9.17, 15) is 4.79 Å². The molecule has 3 aliphatic carbocycles. The Kier molecular flexibility index (Phi) is 3.89. The molecule has 0 aliphatic heterocycles. The van der Waals surface area contributed by atoms with E-state index in [1.165, 1.54) is 22.3 Å². The molecule has 2 heteroatoms. The summed E-state index contributed by atoms with van der Waals surface area (Å²) in [5.41, 5.74) is 4.59. The average molecular weight is 405 g/mol. The Balaban J connectivity index is 1.50. The van der Waals surface area contributed by atoms with E-state index in [1.807, 2.05) is 42.5 Å². The highest BCUT2D eigenvalue weighted by Gasteiger charge is 2.59. The van der Waals surface area contributed by atoms with Crippen molar-refractivity contribution in [3.8, 4) is 5.75 Å². The molecule has 4 aromatic carbocycles. The smallest absolute Gasteiger partial charge is 0.318 e. The van der Waals surface area contributed by atoms with Gasteiger partial charge in [-0.15, -0.1) is 0 Å². The number of esters is 1. The molecule has 0 saturated carbocycles. The normalized spacial score (nSPS) is 25.7. The van der Waals surface area contributed by atoms with Crippen molar-refractivity contribution in [2.24, 2.45) is 11.3 Å². The van der Waals surface area contributed by atoms with Gasteiger partial charge in [-0.3, -0.25) is 4.79 Å². The van der Waals surface area contributed by atoms with Gasteiger partial charge < -0.3 is 4.74 Å². The van der Waals surface area contributed by atoms with Crippen molar-refractivity contribution >= 4 is 16.7 Å². The summed E-state index contributed by atoms with van der Waals surface area (Å²) < 4.78 is 6.18.